The van der Waals surface area contributed by atoms with Crippen LogP contribution in [0.4, 0.5) is 0 Å². The standard InChI is InChI=1S/C43H25NOS/c45-43-36-16-6-5-14-32(36)34-15-7-8-18-39(34)44(43)40-19-9-17-35-38-25-27(21-23-41(38)46-42(35)40)26-20-22-33-30-12-2-1-10-28(30)29-11-3-4-13-31(29)37(33)24-26/h1-25H. The third-order valence-electron chi connectivity index (χ3n) is 9.59. The molecule has 0 radical (unpaired) electrons. The summed E-state index contributed by atoms with van der Waals surface area (Å²) < 4.78 is 4.24. The number of rotatable bonds is 2. The number of hydrogen-bond donors (Lipinski definition) is 0. The van der Waals surface area contributed by atoms with Gasteiger partial charge in [-0.2, -0.15) is 0 Å². The molecule has 0 amide bonds. The van der Waals surface area contributed by atoms with Crippen molar-refractivity contribution in [2.45, 2.75) is 0 Å². The Bertz CT molecular complexity index is 2910. The number of aromatic nitrogens is 1. The molecular weight excluding hydrogens is 579 g/mol. The highest BCUT2D eigenvalue weighted by atomic mass is 32.1. The third-order valence-corrected chi connectivity index (χ3v) is 10.8. The molecule has 2 aromatic heterocycles. The molecule has 0 N–H and O–H groups in total. The van der Waals surface area contributed by atoms with E-state index in [0.717, 1.165) is 32.1 Å². The van der Waals surface area contributed by atoms with E-state index in [1.807, 2.05) is 41.0 Å². The van der Waals surface area contributed by atoms with Crippen LogP contribution in [-0.4, -0.2) is 4.57 Å². The molecular formula is C43H25NOS. The van der Waals surface area contributed by atoms with Crippen LogP contribution in [0.2, 0.25) is 0 Å². The molecule has 0 aliphatic carbocycles. The van der Waals surface area contributed by atoms with E-state index < -0.39 is 0 Å². The molecule has 0 saturated heterocycles. The van der Waals surface area contributed by atoms with Gasteiger partial charge in [-0.05, 0) is 85.2 Å². The molecule has 0 aliphatic rings. The Balaban J connectivity index is 1.21. The predicted octanol–water partition coefficient (Wildman–Crippen LogP) is 11.6. The molecule has 0 spiro atoms. The molecule has 214 valence electrons. The molecule has 46 heavy (non-hydrogen) atoms. The minimum Gasteiger partial charge on any atom is -0.275 e. The minimum atomic E-state index is 0.0101. The van der Waals surface area contributed by atoms with Crippen LogP contribution in [0.25, 0.3) is 91.0 Å². The normalized spacial score (nSPS) is 12.0. The number of hydrogen-bond acceptors (Lipinski definition) is 2. The van der Waals surface area contributed by atoms with E-state index in [9.17, 15) is 4.79 Å². The van der Waals surface area contributed by atoms with Gasteiger partial charge in [-0.25, -0.2) is 0 Å². The summed E-state index contributed by atoms with van der Waals surface area (Å²) in [5.74, 6) is 0. The molecule has 2 heterocycles. The molecule has 0 saturated carbocycles. The molecule has 10 aromatic rings. The van der Waals surface area contributed by atoms with Crippen molar-refractivity contribution in [2.75, 3.05) is 0 Å². The maximum absolute atomic E-state index is 14.1. The lowest BCUT2D eigenvalue weighted by molar-refractivity contribution is 1.08. The van der Waals surface area contributed by atoms with Crippen LogP contribution in [-0.2, 0) is 0 Å². The van der Waals surface area contributed by atoms with Crippen LogP contribution >= 0.6 is 11.3 Å². The molecule has 0 unspecified atom stereocenters. The molecule has 0 atom stereocenters. The van der Waals surface area contributed by atoms with Crippen LogP contribution < -0.4 is 5.56 Å². The number of pyridine rings is 1. The van der Waals surface area contributed by atoms with E-state index in [4.69, 9.17) is 0 Å². The Hall–Kier alpha value is -5.77. The zero-order chi connectivity index (χ0) is 30.4. The van der Waals surface area contributed by atoms with Gasteiger partial charge in [0.2, 0.25) is 0 Å². The fraction of sp³-hybridized carbons (Fsp3) is 0. The van der Waals surface area contributed by atoms with Crippen molar-refractivity contribution in [3.05, 3.63) is 162 Å². The van der Waals surface area contributed by atoms with E-state index in [-0.39, 0.29) is 5.56 Å². The van der Waals surface area contributed by atoms with E-state index in [1.165, 1.54) is 58.9 Å². The van der Waals surface area contributed by atoms with Gasteiger partial charge in [0.05, 0.1) is 15.9 Å². The Labute approximate surface area is 268 Å². The lowest BCUT2D eigenvalue weighted by atomic mass is 9.92. The van der Waals surface area contributed by atoms with Crippen molar-refractivity contribution in [3.8, 4) is 16.8 Å². The van der Waals surface area contributed by atoms with Gasteiger partial charge in [0.25, 0.3) is 5.56 Å². The first kappa shape index (κ1) is 25.5. The lowest BCUT2D eigenvalue weighted by Crippen LogP contribution is -2.19. The van der Waals surface area contributed by atoms with Gasteiger partial charge >= 0.3 is 0 Å². The smallest absolute Gasteiger partial charge is 0.263 e. The molecule has 0 fully saturated rings. The first-order chi connectivity index (χ1) is 22.7. The Morgan fingerprint density at radius 2 is 0.891 bits per heavy atom. The average Bonchev–Trinajstić information content (AvgIpc) is 3.50. The summed E-state index contributed by atoms with van der Waals surface area (Å²) in [6, 6.07) is 53.6. The van der Waals surface area contributed by atoms with Gasteiger partial charge in [-0.15, -0.1) is 11.3 Å². The second-order valence-corrected chi connectivity index (χ2v) is 13.1. The van der Waals surface area contributed by atoms with Crippen molar-refractivity contribution in [2.24, 2.45) is 0 Å². The summed E-state index contributed by atoms with van der Waals surface area (Å²) in [6.07, 6.45) is 0. The maximum atomic E-state index is 14.1. The van der Waals surface area contributed by atoms with E-state index >= 15 is 0 Å². The maximum Gasteiger partial charge on any atom is 0.263 e. The predicted molar refractivity (Wildman–Crippen MR) is 198 cm³/mol. The van der Waals surface area contributed by atoms with Crippen molar-refractivity contribution >= 4 is 85.5 Å². The minimum absolute atomic E-state index is 0.0101. The summed E-state index contributed by atoms with van der Waals surface area (Å²) in [5, 5.41) is 12.9. The van der Waals surface area contributed by atoms with Crippen LogP contribution in [0.3, 0.4) is 0 Å². The highest BCUT2D eigenvalue weighted by molar-refractivity contribution is 7.26. The molecule has 0 aliphatic heterocycles. The third kappa shape index (κ3) is 3.55. The van der Waals surface area contributed by atoms with Gasteiger partial charge in [-0.1, -0.05) is 115 Å². The highest BCUT2D eigenvalue weighted by Crippen LogP contribution is 2.41. The monoisotopic (exact) mass is 603 g/mol. The summed E-state index contributed by atoms with van der Waals surface area (Å²) in [4.78, 5) is 14.1. The highest BCUT2D eigenvalue weighted by Gasteiger charge is 2.17. The fourth-order valence-corrected chi connectivity index (χ4v) is 8.68. The average molecular weight is 604 g/mol. The summed E-state index contributed by atoms with van der Waals surface area (Å²) in [7, 11) is 0. The fourth-order valence-electron chi connectivity index (χ4n) is 7.50. The van der Waals surface area contributed by atoms with Crippen molar-refractivity contribution < 1.29 is 0 Å². The van der Waals surface area contributed by atoms with E-state index in [1.54, 1.807) is 11.3 Å². The first-order valence-electron chi connectivity index (χ1n) is 15.6. The quantitative estimate of drug-likeness (QED) is 0.180. The Morgan fingerprint density at radius 1 is 0.391 bits per heavy atom. The van der Waals surface area contributed by atoms with Crippen LogP contribution in [0.1, 0.15) is 0 Å². The number of benzene rings is 8. The molecule has 3 heteroatoms. The number of thiophene rings is 1. The van der Waals surface area contributed by atoms with Crippen molar-refractivity contribution in [3.63, 3.8) is 0 Å². The van der Waals surface area contributed by atoms with Crippen LogP contribution in [0, 0.1) is 0 Å². The molecule has 0 bridgehead atoms. The Kier molecular flexibility index (Phi) is 5.34. The van der Waals surface area contributed by atoms with Gasteiger partial charge in [0.1, 0.15) is 0 Å². The Morgan fingerprint density at radius 3 is 1.59 bits per heavy atom. The van der Waals surface area contributed by atoms with Crippen LogP contribution in [0.5, 0.6) is 0 Å². The topological polar surface area (TPSA) is 22.0 Å². The first-order valence-corrected chi connectivity index (χ1v) is 16.4. The van der Waals surface area contributed by atoms with E-state index in [2.05, 4.69) is 115 Å². The number of fused-ring (bicyclic) bond motifs is 12. The number of nitrogens with zero attached hydrogens (tertiary/aromatic N) is 1. The molecule has 8 aromatic carbocycles. The second kappa shape index (κ2) is 9.61. The summed E-state index contributed by atoms with van der Waals surface area (Å²) >= 11 is 1.76. The molecule has 10 rings (SSSR count). The largest absolute Gasteiger partial charge is 0.275 e. The van der Waals surface area contributed by atoms with Crippen molar-refractivity contribution in [1.82, 2.24) is 4.57 Å². The van der Waals surface area contributed by atoms with Crippen molar-refractivity contribution in [1.29, 1.82) is 0 Å². The van der Waals surface area contributed by atoms with Gasteiger partial charge in [0, 0.05) is 26.2 Å². The summed E-state index contributed by atoms with van der Waals surface area (Å²) in [6.45, 7) is 0. The summed E-state index contributed by atoms with van der Waals surface area (Å²) in [5.41, 5.74) is 4.24. The van der Waals surface area contributed by atoms with Crippen LogP contribution in [0.15, 0.2) is 156 Å². The van der Waals surface area contributed by atoms with Gasteiger partial charge < -0.3 is 0 Å². The second-order valence-electron chi connectivity index (χ2n) is 12.0. The lowest BCUT2D eigenvalue weighted by Gasteiger charge is -2.14. The van der Waals surface area contributed by atoms with E-state index in [0.29, 0.717) is 0 Å². The van der Waals surface area contributed by atoms with Gasteiger partial charge in [0.15, 0.2) is 0 Å². The SMILES string of the molecule is O=c1c2ccccc2c2ccccc2n1-c1cccc2c1sc1ccc(-c3ccc4c5ccccc5c5ccccc5c4c3)cc12. The zero-order valence-electron chi connectivity index (χ0n) is 24.7. The molecule has 2 nitrogen and oxygen atoms in total. The number of para-hydroxylation sites is 1. The zero-order valence-corrected chi connectivity index (χ0v) is 25.5. The van der Waals surface area contributed by atoms with Gasteiger partial charge in [-0.3, -0.25) is 9.36 Å².